The van der Waals surface area contributed by atoms with Crippen molar-refractivity contribution in [2.24, 2.45) is 0 Å². The Bertz CT molecular complexity index is 408. The molecule has 1 aliphatic rings. The van der Waals surface area contributed by atoms with Gasteiger partial charge in [0.2, 0.25) is 11.8 Å². The second kappa shape index (κ2) is 5.48. The molecule has 6 nitrogen and oxygen atoms in total. The van der Waals surface area contributed by atoms with Crippen LogP contribution in [-0.4, -0.2) is 59.1 Å². The lowest BCUT2D eigenvalue weighted by Crippen LogP contribution is -2.47. The Hall–Kier alpha value is -1.43. The molecule has 6 heteroatoms. The first-order valence-electron chi connectivity index (χ1n) is 6.35. The summed E-state index contributed by atoms with van der Waals surface area (Å²) < 4.78 is 5.09. The summed E-state index contributed by atoms with van der Waals surface area (Å²) in [5, 5.41) is 3.84. The van der Waals surface area contributed by atoms with Crippen LogP contribution in [0.5, 0.6) is 0 Å². The van der Waals surface area contributed by atoms with Gasteiger partial charge in [-0.2, -0.15) is 4.98 Å². The Balaban J connectivity index is 1.90. The number of hydrogen-bond acceptors (Lipinski definition) is 5. The van der Waals surface area contributed by atoms with E-state index in [1.807, 2.05) is 18.7 Å². The lowest BCUT2D eigenvalue weighted by Gasteiger charge is -2.32. The van der Waals surface area contributed by atoms with Crippen molar-refractivity contribution in [3.63, 3.8) is 0 Å². The van der Waals surface area contributed by atoms with E-state index in [2.05, 4.69) is 22.1 Å². The van der Waals surface area contributed by atoms with Gasteiger partial charge in [0, 0.05) is 32.1 Å². The maximum Gasteiger partial charge on any atom is 0.230 e. The zero-order valence-electron chi connectivity index (χ0n) is 11.2. The number of likely N-dealkylation sites (N-methyl/N-ethyl adjacent to an activating group) is 1. The second-order valence-electron chi connectivity index (χ2n) is 5.06. The van der Waals surface area contributed by atoms with E-state index in [1.54, 1.807) is 0 Å². The molecule has 0 radical (unpaired) electrons. The highest BCUT2D eigenvalue weighted by Crippen LogP contribution is 2.11. The van der Waals surface area contributed by atoms with Gasteiger partial charge in [0.1, 0.15) is 0 Å². The zero-order valence-corrected chi connectivity index (χ0v) is 11.2. The number of amides is 1. The summed E-state index contributed by atoms with van der Waals surface area (Å²) in [4.78, 5) is 20.3. The fourth-order valence-corrected chi connectivity index (χ4v) is 1.88. The van der Waals surface area contributed by atoms with Gasteiger partial charge in [0.15, 0.2) is 5.82 Å². The first-order valence-corrected chi connectivity index (χ1v) is 6.35. The molecule has 1 saturated heterocycles. The third kappa shape index (κ3) is 3.07. The largest absolute Gasteiger partial charge is 0.340 e. The number of carbonyl (C=O) groups is 1. The van der Waals surface area contributed by atoms with Crippen molar-refractivity contribution in [3.05, 3.63) is 11.7 Å². The van der Waals surface area contributed by atoms with Gasteiger partial charge < -0.3 is 14.3 Å². The van der Waals surface area contributed by atoms with Crippen LogP contribution in [0, 0.1) is 0 Å². The molecular weight excluding hydrogens is 232 g/mol. The predicted molar refractivity (Wildman–Crippen MR) is 66.2 cm³/mol. The van der Waals surface area contributed by atoms with E-state index in [-0.39, 0.29) is 18.2 Å². The summed E-state index contributed by atoms with van der Waals surface area (Å²) in [6.07, 6.45) is 0.236. The number of aromatic nitrogens is 2. The summed E-state index contributed by atoms with van der Waals surface area (Å²) >= 11 is 0. The highest BCUT2D eigenvalue weighted by Gasteiger charge is 2.21. The van der Waals surface area contributed by atoms with Crippen molar-refractivity contribution in [2.75, 3.05) is 33.2 Å². The van der Waals surface area contributed by atoms with E-state index < -0.39 is 0 Å². The molecule has 100 valence electrons. The molecule has 0 saturated carbocycles. The molecule has 2 rings (SSSR count). The Labute approximate surface area is 107 Å². The van der Waals surface area contributed by atoms with E-state index >= 15 is 0 Å². The third-order valence-electron chi connectivity index (χ3n) is 3.14. The quantitative estimate of drug-likeness (QED) is 0.784. The highest BCUT2D eigenvalue weighted by atomic mass is 16.5. The minimum Gasteiger partial charge on any atom is -0.340 e. The van der Waals surface area contributed by atoms with Crippen molar-refractivity contribution >= 4 is 5.91 Å². The lowest BCUT2D eigenvalue weighted by atomic mass is 10.2. The van der Waals surface area contributed by atoms with Gasteiger partial charge in [0.05, 0.1) is 6.42 Å². The van der Waals surface area contributed by atoms with E-state index in [0.29, 0.717) is 11.7 Å². The molecular formula is C12H20N4O2. The number of nitrogens with zero attached hydrogens (tertiary/aromatic N) is 4. The summed E-state index contributed by atoms with van der Waals surface area (Å²) in [6.45, 7) is 7.39. The van der Waals surface area contributed by atoms with Crippen LogP contribution in [0.3, 0.4) is 0 Å². The summed E-state index contributed by atoms with van der Waals surface area (Å²) in [5.74, 6) is 1.36. The Morgan fingerprint density at radius 2 is 2.00 bits per heavy atom. The molecule has 1 aliphatic heterocycles. The molecule has 1 aromatic rings. The monoisotopic (exact) mass is 252 g/mol. The predicted octanol–water partition coefficient (Wildman–Crippen LogP) is 0.509. The van der Waals surface area contributed by atoms with E-state index in [1.165, 1.54) is 0 Å². The zero-order chi connectivity index (χ0) is 13.1. The maximum absolute atomic E-state index is 12.0. The topological polar surface area (TPSA) is 62.5 Å². The number of carbonyl (C=O) groups excluding carboxylic acids is 1. The van der Waals surface area contributed by atoms with Gasteiger partial charge in [-0.15, -0.1) is 0 Å². The smallest absolute Gasteiger partial charge is 0.230 e. The van der Waals surface area contributed by atoms with Crippen molar-refractivity contribution in [1.29, 1.82) is 0 Å². The van der Waals surface area contributed by atoms with Crippen LogP contribution in [0.4, 0.5) is 0 Å². The van der Waals surface area contributed by atoms with Gasteiger partial charge in [-0.25, -0.2) is 0 Å². The highest BCUT2D eigenvalue weighted by molar-refractivity contribution is 5.78. The molecule has 0 spiro atoms. The molecule has 1 fully saturated rings. The van der Waals surface area contributed by atoms with Gasteiger partial charge >= 0.3 is 0 Å². The Morgan fingerprint density at radius 3 is 2.56 bits per heavy atom. The molecule has 1 aromatic heterocycles. The summed E-state index contributed by atoms with van der Waals surface area (Å²) in [6, 6.07) is 0. The van der Waals surface area contributed by atoms with Crippen LogP contribution in [-0.2, 0) is 11.2 Å². The average molecular weight is 252 g/mol. The van der Waals surface area contributed by atoms with Gasteiger partial charge in [-0.1, -0.05) is 19.0 Å². The SMILES string of the molecule is CC(C)c1nc(CC(=O)N2CCN(C)CC2)no1. The molecule has 0 N–H and O–H groups in total. The second-order valence-corrected chi connectivity index (χ2v) is 5.06. The van der Waals surface area contributed by atoms with Crippen LogP contribution in [0.2, 0.25) is 0 Å². The molecule has 18 heavy (non-hydrogen) atoms. The van der Waals surface area contributed by atoms with Crippen molar-refractivity contribution < 1.29 is 9.32 Å². The first kappa shape index (κ1) is 13.0. The molecule has 0 atom stereocenters. The maximum atomic E-state index is 12.0. The molecule has 0 unspecified atom stereocenters. The summed E-state index contributed by atoms with van der Waals surface area (Å²) in [5.41, 5.74) is 0. The number of hydrogen-bond donors (Lipinski definition) is 0. The minimum atomic E-state index is 0.0826. The fourth-order valence-electron chi connectivity index (χ4n) is 1.88. The van der Waals surface area contributed by atoms with Crippen LogP contribution in [0.1, 0.15) is 31.5 Å². The van der Waals surface area contributed by atoms with Crippen LogP contribution >= 0.6 is 0 Å². The van der Waals surface area contributed by atoms with Crippen molar-refractivity contribution in [3.8, 4) is 0 Å². The number of piperazine rings is 1. The van der Waals surface area contributed by atoms with Crippen LogP contribution in [0.25, 0.3) is 0 Å². The average Bonchev–Trinajstić information content (AvgIpc) is 2.78. The number of rotatable bonds is 3. The molecule has 0 bridgehead atoms. The molecule has 0 aliphatic carbocycles. The Kier molecular flexibility index (Phi) is 3.96. The Morgan fingerprint density at radius 1 is 1.33 bits per heavy atom. The van der Waals surface area contributed by atoms with Gasteiger partial charge in [-0.3, -0.25) is 4.79 Å². The minimum absolute atomic E-state index is 0.0826. The van der Waals surface area contributed by atoms with Gasteiger partial charge in [0.25, 0.3) is 0 Å². The van der Waals surface area contributed by atoms with Crippen molar-refractivity contribution in [1.82, 2.24) is 19.9 Å². The standard InChI is InChI=1S/C12H20N4O2/c1-9(2)12-13-10(14-18-12)8-11(17)16-6-4-15(3)5-7-16/h9H,4-8H2,1-3H3. The fraction of sp³-hybridized carbons (Fsp3) is 0.750. The van der Waals surface area contributed by atoms with Gasteiger partial charge in [-0.05, 0) is 7.05 Å². The molecule has 1 amide bonds. The third-order valence-corrected chi connectivity index (χ3v) is 3.14. The molecule has 2 heterocycles. The van der Waals surface area contributed by atoms with E-state index in [0.717, 1.165) is 26.2 Å². The van der Waals surface area contributed by atoms with E-state index in [9.17, 15) is 4.79 Å². The molecule has 0 aromatic carbocycles. The van der Waals surface area contributed by atoms with Crippen LogP contribution < -0.4 is 0 Å². The normalized spacial score (nSPS) is 17.4. The van der Waals surface area contributed by atoms with Crippen LogP contribution in [0.15, 0.2) is 4.52 Å². The van der Waals surface area contributed by atoms with E-state index in [4.69, 9.17) is 4.52 Å². The van der Waals surface area contributed by atoms with Crippen molar-refractivity contribution in [2.45, 2.75) is 26.2 Å². The summed E-state index contributed by atoms with van der Waals surface area (Å²) in [7, 11) is 2.07. The first-order chi connectivity index (χ1) is 8.56. The lowest BCUT2D eigenvalue weighted by molar-refractivity contribution is -0.132.